The lowest BCUT2D eigenvalue weighted by Crippen LogP contribution is -2.37. The van der Waals surface area contributed by atoms with Crippen LogP contribution in [0.3, 0.4) is 0 Å². The van der Waals surface area contributed by atoms with Gasteiger partial charge in [-0.2, -0.15) is 0 Å². The Morgan fingerprint density at radius 1 is 0.943 bits per heavy atom. The molecule has 9 heteroatoms. The van der Waals surface area contributed by atoms with E-state index in [1.807, 2.05) is 19.1 Å². The lowest BCUT2D eigenvalue weighted by atomic mass is 9.80. The summed E-state index contributed by atoms with van der Waals surface area (Å²) in [6.45, 7) is 1.60. The van der Waals surface area contributed by atoms with Crippen LogP contribution in [0.25, 0.3) is 0 Å². The minimum atomic E-state index is -0.683. The summed E-state index contributed by atoms with van der Waals surface area (Å²) in [5, 5.41) is 2.05. The molecule has 0 radical (unpaired) electrons. The predicted molar refractivity (Wildman–Crippen MR) is 132 cm³/mol. The minimum absolute atomic E-state index is 0.0967. The molecule has 1 N–H and O–H groups in total. The summed E-state index contributed by atoms with van der Waals surface area (Å²) in [7, 11) is 0. The molecule has 0 spiro atoms. The molecule has 2 saturated carbocycles. The number of nitrogens with one attached hydrogen (secondary N) is 1. The summed E-state index contributed by atoms with van der Waals surface area (Å²) >= 11 is 12.8. The molecule has 2 aromatic rings. The average molecular weight is 515 g/mol. The Bertz CT molecular complexity index is 1150. The molecule has 1 aliphatic heterocycles. The molecule has 3 fully saturated rings. The second kappa shape index (κ2) is 9.28. The topological polar surface area (TPSA) is 92.8 Å². The molecule has 6 atom stereocenters. The number of esters is 1. The zero-order chi connectivity index (χ0) is 24.9. The minimum Gasteiger partial charge on any atom is -0.452 e. The van der Waals surface area contributed by atoms with Gasteiger partial charge in [0.1, 0.15) is 0 Å². The first kappa shape index (κ1) is 23.8. The number of amides is 3. The van der Waals surface area contributed by atoms with Gasteiger partial charge in [-0.25, -0.2) is 4.79 Å². The second-order valence-corrected chi connectivity index (χ2v) is 10.2. The Balaban J connectivity index is 1.20. The number of carbonyl (C=O) groups is 4. The number of fused-ring (bicyclic) bond motifs is 5. The van der Waals surface area contributed by atoms with E-state index in [0.717, 1.165) is 12.0 Å². The molecule has 2 aromatic carbocycles. The molecule has 1 heterocycles. The molecular formula is C26H24Cl2N2O5. The van der Waals surface area contributed by atoms with Crippen molar-refractivity contribution < 1.29 is 23.9 Å². The fourth-order valence-electron chi connectivity index (χ4n) is 5.59. The Morgan fingerprint density at radius 3 is 2.06 bits per heavy atom. The zero-order valence-corrected chi connectivity index (χ0v) is 20.5. The highest BCUT2D eigenvalue weighted by Gasteiger charge is 2.66. The molecule has 5 rings (SSSR count). The van der Waals surface area contributed by atoms with E-state index in [1.54, 1.807) is 12.1 Å². The van der Waals surface area contributed by atoms with Gasteiger partial charge >= 0.3 is 5.97 Å². The molecular weight excluding hydrogens is 491 g/mol. The summed E-state index contributed by atoms with van der Waals surface area (Å²) in [6, 6.07) is 13.4. The maximum absolute atomic E-state index is 13.1. The van der Waals surface area contributed by atoms with Gasteiger partial charge in [-0.3, -0.25) is 19.3 Å². The van der Waals surface area contributed by atoms with Crippen LogP contribution in [-0.2, 0) is 25.5 Å². The third-order valence-corrected chi connectivity index (χ3v) is 8.65. The number of ether oxygens (including phenoxy) is 1. The van der Waals surface area contributed by atoms with Crippen LogP contribution in [0, 0.1) is 23.7 Å². The van der Waals surface area contributed by atoms with Crippen LogP contribution < -0.4 is 10.2 Å². The standard InChI is InChI=1S/C26H24Cl2N2O5/c1-2-13-3-7-15(8-4-13)29-19(31)12-35-26(34)14-5-9-16(10-6-14)30-24(32)20-17-11-18(21(20)25(30)33)23(28)22(17)27/h3-10,17-18,20-23H,2,11-12H2,1H3,(H,29,31)/t17-,18-,20-,21+,22-,23+/m1/s1. The van der Waals surface area contributed by atoms with Crippen LogP contribution in [0.5, 0.6) is 0 Å². The van der Waals surface area contributed by atoms with Gasteiger partial charge in [-0.15, -0.1) is 23.2 Å². The predicted octanol–water partition coefficient (Wildman–Crippen LogP) is 4.01. The molecule has 3 amide bonds. The number of hydrogen-bond donors (Lipinski definition) is 1. The van der Waals surface area contributed by atoms with Crippen LogP contribution in [0.15, 0.2) is 48.5 Å². The van der Waals surface area contributed by atoms with E-state index in [0.29, 0.717) is 17.8 Å². The fraction of sp³-hybridized carbons (Fsp3) is 0.385. The first-order chi connectivity index (χ1) is 16.8. The molecule has 35 heavy (non-hydrogen) atoms. The number of nitrogens with zero attached hydrogens (tertiary/aromatic N) is 1. The lowest BCUT2D eigenvalue weighted by molar-refractivity contribution is -0.123. The number of aryl methyl sites for hydroxylation is 1. The quantitative estimate of drug-likeness (QED) is 0.357. The van der Waals surface area contributed by atoms with Crippen LogP contribution in [0.1, 0.15) is 29.3 Å². The van der Waals surface area contributed by atoms with Crippen molar-refractivity contribution in [1.82, 2.24) is 0 Å². The van der Waals surface area contributed by atoms with Crippen LogP contribution in [0.2, 0.25) is 0 Å². The maximum Gasteiger partial charge on any atom is 0.338 e. The number of imide groups is 1. The average Bonchev–Trinajstić information content (AvgIpc) is 3.48. The molecule has 2 aliphatic carbocycles. The highest BCUT2D eigenvalue weighted by Crippen LogP contribution is 2.59. The highest BCUT2D eigenvalue weighted by molar-refractivity contribution is 6.32. The van der Waals surface area contributed by atoms with Gasteiger partial charge in [0.15, 0.2) is 6.61 Å². The normalized spacial score (nSPS) is 28.8. The van der Waals surface area contributed by atoms with E-state index < -0.39 is 30.3 Å². The molecule has 0 aromatic heterocycles. The van der Waals surface area contributed by atoms with E-state index in [4.69, 9.17) is 27.9 Å². The monoisotopic (exact) mass is 514 g/mol. The van der Waals surface area contributed by atoms with Crippen LogP contribution >= 0.6 is 23.2 Å². The van der Waals surface area contributed by atoms with Crippen molar-refractivity contribution in [3.8, 4) is 0 Å². The third-order valence-electron chi connectivity index (χ3n) is 7.33. The van der Waals surface area contributed by atoms with Gasteiger partial charge in [0.2, 0.25) is 11.8 Å². The van der Waals surface area contributed by atoms with Gasteiger partial charge < -0.3 is 10.1 Å². The van der Waals surface area contributed by atoms with Gasteiger partial charge in [-0.05, 0) is 66.6 Å². The number of alkyl halides is 2. The van der Waals surface area contributed by atoms with Gasteiger partial charge in [0, 0.05) is 5.69 Å². The number of rotatable bonds is 6. The van der Waals surface area contributed by atoms with Crippen molar-refractivity contribution in [2.45, 2.75) is 30.5 Å². The first-order valence-corrected chi connectivity index (χ1v) is 12.5. The van der Waals surface area contributed by atoms with Crippen LogP contribution in [-0.4, -0.2) is 41.1 Å². The van der Waals surface area contributed by atoms with E-state index in [-0.39, 0.29) is 40.0 Å². The Labute approximate surface area is 212 Å². The zero-order valence-electron chi connectivity index (χ0n) is 18.9. The van der Waals surface area contributed by atoms with Crippen molar-refractivity contribution in [2.75, 3.05) is 16.8 Å². The Morgan fingerprint density at radius 2 is 1.51 bits per heavy atom. The van der Waals surface area contributed by atoms with Crippen molar-refractivity contribution in [1.29, 1.82) is 0 Å². The summed E-state index contributed by atoms with van der Waals surface area (Å²) in [4.78, 5) is 51.9. The third kappa shape index (κ3) is 4.10. The summed E-state index contributed by atoms with van der Waals surface area (Å²) in [5.74, 6) is -2.74. The largest absolute Gasteiger partial charge is 0.452 e. The van der Waals surface area contributed by atoms with Crippen molar-refractivity contribution >= 4 is 58.3 Å². The number of carbonyl (C=O) groups excluding carboxylic acids is 4. The Hall–Kier alpha value is -2.90. The van der Waals surface area contributed by atoms with Crippen molar-refractivity contribution in [2.24, 2.45) is 23.7 Å². The van der Waals surface area contributed by atoms with E-state index in [1.165, 1.54) is 29.2 Å². The molecule has 0 unspecified atom stereocenters. The van der Waals surface area contributed by atoms with Crippen LogP contribution in [0.4, 0.5) is 11.4 Å². The summed E-state index contributed by atoms with van der Waals surface area (Å²) in [5.41, 5.74) is 2.36. The number of hydrogen-bond acceptors (Lipinski definition) is 5. The Kier molecular flexibility index (Phi) is 6.32. The smallest absolute Gasteiger partial charge is 0.338 e. The van der Waals surface area contributed by atoms with E-state index >= 15 is 0 Å². The molecule has 7 nitrogen and oxygen atoms in total. The van der Waals surface area contributed by atoms with Gasteiger partial charge in [0.05, 0.1) is 33.8 Å². The second-order valence-electron chi connectivity index (χ2n) is 9.24. The summed E-state index contributed by atoms with van der Waals surface area (Å²) < 4.78 is 5.11. The van der Waals surface area contributed by atoms with E-state index in [2.05, 4.69) is 5.32 Å². The molecule has 1 saturated heterocycles. The van der Waals surface area contributed by atoms with Crippen molar-refractivity contribution in [3.05, 3.63) is 59.7 Å². The number of anilines is 2. The molecule has 182 valence electrons. The molecule has 3 aliphatic rings. The van der Waals surface area contributed by atoms with E-state index in [9.17, 15) is 19.2 Å². The maximum atomic E-state index is 13.1. The SMILES string of the molecule is CCc1ccc(NC(=O)COC(=O)c2ccc(N3C(=O)[C@@H]4[C@H]5C[C@@H]([C@H](Cl)[C@@H]5Cl)[C@@H]4C3=O)cc2)cc1. The highest BCUT2D eigenvalue weighted by atomic mass is 35.5. The first-order valence-electron chi connectivity index (χ1n) is 11.6. The fourth-order valence-corrected chi connectivity index (χ4v) is 6.48. The lowest BCUT2D eigenvalue weighted by Gasteiger charge is -2.28. The van der Waals surface area contributed by atoms with Crippen molar-refractivity contribution in [3.63, 3.8) is 0 Å². The molecule has 2 bridgehead atoms. The number of halogens is 2. The van der Waals surface area contributed by atoms with Gasteiger partial charge in [-0.1, -0.05) is 19.1 Å². The summed E-state index contributed by atoms with van der Waals surface area (Å²) in [6.07, 6.45) is 1.60. The van der Waals surface area contributed by atoms with Gasteiger partial charge in [0.25, 0.3) is 5.91 Å². The number of benzene rings is 2.